The van der Waals surface area contributed by atoms with Crippen molar-refractivity contribution in [2.75, 3.05) is 0 Å². The summed E-state index contributed by atoms with van der Waals surface area (Å²) in [5.74, 6) is 0.826. The smallest absolute Gasteiger partial charge is 0.201 e. The molecule has 0 amide bonds. The van der Waals surface area contributed by atoms with Gasteiger partial charge in [-0.05, 0) is 55.5 Å². The van der Waals surface area contributed by atoms with E-state index in [0.29, 0.717) is 0 Å². The molecule has 0 atom stereocenters. The number of hydrogen-bond acceptors (Lipinski definition) is 3. The topological polar surface area (TPSA) is 55.9 Å². The molecule has 4 aromatic rings. The molecule has 1 N–H and O–H groups in total. The summed E-state index contributed by atoms with van der Waals surface area (Å²) in [6.45, 7) is 0. The molecular formula is C22H19FN4O. The van der Waals surface area contributed by atoms with Gasteiger partial charge >= 0.3 is 0 Å². The molecule has 1 aromatic carbocycles. The standard InChI is InChI=1S/C22H19FN4O/c1-26-11-17(20(25-26)14-2-4-15(23)5-3-14)16-6-7-24-18-12-27(21(28)19(16)18)22-8-13(9-22)10-22/h2-7,11-13,28H,8-10H2,1H3. The van der Waals surface area contributed by atoms with E-state index in [-0.39, 0.29) is 17.2 Å². The number of halogens is 1. The Morgan fingerprint density at radius 1 is 1.07 bits per heavy atom. The van der Waals surface area contributed by atoms with Crippen molar-refractivity contribution < 1.29 is 9.50 Å². The number of rotatable bonds is 3. The van der Waals surface area contributed by atoms with Crippen molar-refractivity contribution in [3.63, 3.8) is 0 Å². The first-order chi connectivity index (χ1) is 13.5. The van der Waals surface area contributed by atoms with Crippen LogP contribution in [0.15, 0.2) is 48.9 Å². The first-order valence-electron chi connectivity index (χ1n) is 9.53. The van der Waals surface area contributed by atoms with E-state index in [1.165, 1.54) is 12.1 Å². The second kappa shape index (κ2) is 5.22. The van der Waals surface area contributed by atoms with E-state index in [1.54, 1.807) is 23.0 Å². The molecule has 0 spiro atoms. The highest BCUT2D eigenvalue weighted by Gasteiger charge is 2.58. The minimum atomic E-state index is -0.277. The molecule has 3 saturated carbocycles. The molecular weight excluding hydrogens is 355 g/mol. The normalized spacial score (nSPS) is 22.9. The van der Waals surface area contributed by atoms with Gasteiger partial charge in [-0.25, -0.2) is 4.39 Å². The first kappa shape index (κ1) is 15.9. The Bertz CT molecular complexity index is 1220. The second-order valence-electron chi connectivity index (χ2n) is 8.22. The molecule has 7 rings (SSSR count). The van der Waals surface area contributed by atoms with Crippen LogP contribution in [0.25, 0.3) is 33.3 Å². The van der Waals surface area contributed by atoms with Crippen molar-refractivity contribution >= 4 is 10.9 Å². The second-order valence-corrected chi connectivity index (χ2v) is 8.22. The van der Waals surface area contributed by atoms with Gasteiger partial charge < -0.3 is 9.67 Å². The van der Waals surface area contributed by atoms with E-state index >= 15 is 0 Å². The lowest BCUT2D eigenvalue weighted by Crippen LogP contribution is -2.58. The zero-order valence-corrected chi connectivity index (χ0v) is 15.4. The molecule has 3 aliphatic carbocycles. The lowest BCUT2D eigenvalue weighted by molar-refractivity contribution is -0.0918. The van der Waals surface area contributed by atoms with Crippen LogP contribution in [0, 0.1) is 11.7 Å². The Morgan fingerprint density at radius 3 is 2.50 bits per heavy atom. The highest BCUT2D eigenvalue weighted by Crippen LogP contribution is 2.64. The number of aromatic nitrogens is 4. The van der Waals surface area contributed by atoms with E-state index in [2.05, 4.69) is 10.1 Å². The summed E-state index contributed by atoms with van der Waals surface area (Å²) in [5, 5.41) is 16.5. The summed E-state index contributed by atoms with van der Waals surface area (Å²) in [7, 11) is 1.86. The molecule has 28 heavy (non-hydrogen) atoms. The van der Waals surface area contributed by atoms with Gasteiger partial charge in [0.15, 0.2) is 0 Å². The lowest BCUT2D eigenvalue weighted by atomic mass is 9.49. The summed E-state index contributed by atoms with van der Waals surface area (Å²) in [5.41, 5.74) is 4.25. The van der Waals surface area contributed by atoms with Crippen LogP contribution in [0.1, 0.15) is 19.3 Å². The van der Waals surface area contributed by atoms with Crippen LogP contribution in [0.5, 0.6) is 5.88 Å². The molecule has 0 radical (unpaired) electrons. The van der Waals surface area contributed by atoms with Crippen LogP contribution in [0.2, 0.25) is 0 Å². The van der Waals surface area contributed by atoms with Gasteiger partial charge in [0.2, 0.25) is 5.88 Å². The number of benzene rings is 1. The third-order valence-electron chi connectivity index (χ3n) is 6.44. The van der Waals surface area contributed by atoms with Crippen molar-refractivity contribution in [3.8, 4) is 28.3 Å². The molecule has 6 heteroatoms. The Morgan fingerprint density at radius 2 is 1.82 bits per heavy atom. The molecule has 140 valence electrons. The van der Waals surface area contributed by atoms with Crippen LogP contribution in [-0.2, 0) is 12.6 Å². The summed E-state index contributed by atoms with van der Waals surface area (Å²) in [4.78, 5) is 4.50. The van der Waals surface area contributed by atoms with Gasteiger partial charge in [-0.1, -0.05) is 0 Å². The van der Waals surface area contributed by atoms with E-state index in [9.17, 15) is 9.50 Å². The minimum absolute atomic E-state index is 0.0848. The molecule has 2 bridgehead atoms. The van der Waals surface area contributed by atoms with Crippen molar-refractivity contribution in [1.82, 2.24) is 19.3 Å². The molecule has 3 aliphatic rings. The van der Waals surface area contributed by atoms with Crippen LogP contribution in [-0.4, -0.2) is 24.4 Å². The molecule has 3 heterocycles. The van der Waals surface area contributed by atoms with Crippen molar-refractivity contribution in [2.24, 2.45) is 13.0 Å². The van der Waals surface area contributed by atoms with Gasteiger partial charge in [-0.15, -0.1) is 0 Å². The highest BCUT2D eigenvalue weighted by molar-refractivity contribution is 6.01. The maximum Gasteiger partial charge on any atom is 0.201 e. The average Bonchev–Trinajstić information content (AvgIpc) is 3.14. The molecule has 5 nitrogen and oxygen atoms in total. The van der Waals surface area contributed by atoms with Crippen LogP contribution in [0.3, 0.4) is 0 Å². The lowest BCUT2D eigenvalue weighted by Gasteiger charge is -2.62. The molecule has 0 aliphatic heterocycles. The Labute approximate surface area is 161 Å². The van der Waals surface area contributed by atoms with Crippen LogP contribution < -0.4 is 0 Å². The number of aryl methyl sites for hydroxylation is 1. The highest BCUT2D eigenvalue weighted by atomic mass is 19.1. The van der Waals surface area contributed by atoms with Crippen LogP contribution >= 0.6 is 0 Å². The Balaban J connectivity index is 1.57. The number of fused-ring (bicyclic) bond motifs is 1. The minimum Gasteiger partial charge on any atom is -0.494 e. The summed E-state index contributed by atoms with van der Waals surface area (Å²) in [6.07, 6.45) is 9.12. The van der Waals surface area contributed by atoms with E-state index in [1.807, 2.05) is 30.1 Å². The SMILES string of the molecule is Cn1cc(-c2ccnc3cn(C45CC(C4)C5)c(O)c23)c(-c2ccc(F)cc2)n1. The zero-order chi connectivity index (χ0) is 19.0. The van der Waals surface area contributed by atoms with Gasteiger partial charge in [0.1, 0.15) is 11.5 Å². The first-order valence-corrected chi connectivity index (χ1v) is 9.53. The van der Waals surface area contributed by atoms with E-state index < -0.39 is 0 Å². The third kappa shape index (κ3) is 2.00. The number of pyridine rings is 1. The number of aromatic hydroxyl groups is 1. The molecule has 3 fully saturated rings. The van der Waals surface area contributed by atoms with Crippen molar-refractivity contribution in [2.45, 2.75) is 24.8 Å². The molecule has 0 saturated heterocycles. The quantitative estimate of drug-likeness (QED) is 0.576. The van der Waals surface area contributed by atoms with E-state index in [0.717, 1.165) is 58.5 Å². The van der Waals surface area contributed by atoms with Gasteiger partial charge in [-0.2, -0.15) is 5.10 Å². The molecule has 3 aromatic heterocycles. The fourth-order valence-corrected chi connectivity index (χ4v) is 4.94. The van der Waals surface area contributed by atoms with Gasteiger partial charge in [0.25, 0.3) is 0 Å². The summed E-state index contributed by atoms with van der Waals surface area (Å²) >= 11 is 0. The van der Waals surface area contributed by atoms with Crippen LogP contribution in [0.4, 0.5) is 4.39 Å². The maximum atomic E-state index is 13.4. The van der Waals surface area contributed by atoms with Gasteiger partial charge in [0.05, 0.1) is 10.9 Å². The van der Waals surface area contributed by atoms with E-state index in [4.69, 9.17) is 0 Å². The van der Waals surface area contributed by atoms with Crippen molar-refractivity contribution in [3.05, 3.63) is 54.7 Å². The van der Waals surface area contributed by atoms with Gasteiger partial charge in [0, 0.05) is 47.9 Å². The predicted molar refractivity (Wildman–Crippen MR) is 104 cm³/mol. The fraction of sp³-hybridized carbons (Fsp3) is 0.273. The Hall–Kier alpha value is -3.15. The monoisotopic (exact) mass is 374 g/mol. The average molecular weight is 374 g/mol. The predicted octanol–water partition coefficient (Wildman–Crippen LogP) is 4.46. The summed E-state index contributed by atoms with van der Waals surface area (Å²) < 4.78 is 17.2. The number of hydrogen-bond donors (Lipinski definition) is 1. The zero-order valence-electron chi connectivity index (χ0n) is 15.4. The number of nitrogens with zero attached hydrogens (tertiary/aromatic N) is 4. The maximum absolute atomic E-state index is 13.4. The molecule has 0 unspecified atom stereocenters. The largest absolute Gasteiger partial charge is 0.494 e. The third-order valence-corrected chi connectivity index (χ3v) is 6.44. The van der Waals surface area contributed by atoms with Crippen molar-refractivity contribution in [1.29, 1.82) is 0 Å². The van der Waals surface area contributed by atoms with Gasteiger partial charge in [-0.3, -0.25) is 9.67 Å². The summed E-state index contributed by atoms with van der Waals surface area (Å²) in [6, 6.07) is 8.25. The fourth-order valence-electron chi connectivity index (χ4n) is 4.94. The Kier molecular flexibility index (Phi) is 2.96.